The Kier molecular flexibility index (Phi) is 4.57. The Morgan fingerprint density at radius 2 is 1.80 bits per heavy atom. The summed E-state index contributed by atoms with van der Waals surface area (Å²) in [6, 6.07) is 8.20. The van der Waals surface area contributed by atoms with Crippen molar-refractivity contribution in [2.45, 2.75) is 39.8 Å². The van der Waals surface area contributed by atoms with Crippen molar-refractivity contribution < 1.29 is 4.74 Å². The largest absolute Gasteiger partial charge is 0.491 e. The lowest BCUT2D eigenvalue weighted by Crippen LogP contribution is -2.12. The first-order chi connectivity index (χ1) is 9.40. The summed E-state index contributed by atoms with van der Waals surface area (Å²) in [6.45, 7) is 8.11. The average molecular weight is 385 g/mol. The van der Waals surface area contributed by atoms with Gasteiger partial charge in [0.25, 0.3) is 0 Å². The first-order valence-electron chi connectivity index (χ1n) is 6.66. The number of nitrogens with zero attached hydrogens (tertiary/aromatic N) is 2. The average Bonchev–Trinajstić information content (AvgIpc) is 2.66. The van der Waals surface area contributed by atoms with Crippen molar-refractivity contribution in [2.24, 2.45) is 0 Å². The summed E-state index contributed by atoms with van der Waals surface area (Å²) in [6.07, 6.45) is 0.185. The number of aromatic nitrogens is 2. The van der Waals surface area contributed by atoms with Gasteiger partial charge in [-0.15, -0.1) is 0 Å². The molecule has 2 aromatic rings. The third kappa shape index (κ3) is 3.08. The molecule has 1 unspecified atom stereocenters. The molecular formula is C15H20IN3O. The van der Waals surface area contributed by atoms with Crippen LogP contribution in [0.5, 0.6) is 5.75 Å². The Bertz CT molecular complexity index is 590. The SMILES string of the molecule is Cc1nn(C(C)c2ccc(OC(C)C)cc2)c(N)c1I. The molecule has 0 aliphatic heterocycles. The van der Waals surface area contributed by atoms with E-state index in [1.165, 1.54) is 0 Å². The van der Waals surface area contributed by atoms with E-state index in [2.05, 4.69) is 46.7 Å². The Morgan fingerprint density at radius 1 is 1.20 bits per heavy atom. The molecule has 0 spiro atoms. The molecule has 5 heteroatoms. The first-order valence-corrected chi connectivity index (χ1v) is 7.74. The van der Waals surface area contributed by atoms with Gasteiger partial charge in [-0.3, -0.25) is 0 Å². The second kappa shape index (κ2) is 6.03. The number of nitrogens with two attached hydrogens (primary N) is 1. The summed E-state index contributed by atoms with van der Waals surface area (Å²) >= 11 is 2.23. The van der Waals surface area contributed by atoms with Gasteiger partial charge in [-0.25, -0.2) is 4.68 Å². The van der Waals surface area contributed by atoms with Crippen LogP contribution in [-0.2, 0) is 0 Å². The van der Waals surface area contributed by atoms with Gasteiger partial charge in [0.1, 0.15) is 11.6 Å². The van der Waals surface area contributed by atoms with E-state index < -0.39 is 0 Å². The summed E-state index contributed by atoms with van der Waals surface area (Å²) in [7, 11) is 0. The summed E-state index contributed by atoms with van der Waals surface area (Å²) in [5.74, 6) is 1.60. The molecule has 4 nitrogen and oxygen atoms in total. The highest BCUT2D eigenvalue weighted by Crippen LogP contribution is 2.27. The Balaban J connectivity index is 2.24. The van der Waals surface area contributed by atoms with Crippen LogP contribution < -0.4 is 10.5 Å². The van der Waals surface area contributed by atoms with Crippen molar-refractivity contribution in [3.8, 4) is 5.75 Å². The Hall–Kier alpha value is -1.24. The third-order valence-corrected chi connectivity index (χ3v) is 4.48. The van der Waals surface area contributed by atoms with Crippen LogP contribution in [0.25, 0.3) is 0 Å². The fourth-order valence-corrected chi connectivity index (χ4v) is 2.43. The van der Waals surface area contributed by atoms with E-state index in [9.17, 15) is 0 Å². The lowest BCUT2D eigenvalue weighted by molar-refractivity contribution is 0.242. The zero-order chi connectivity index (χ0) is 14.9. The van der Waals surface area contributed by atoms with Crippen LogP contribution in [0.4, 0.5) is 5.82 Å². The van der Waals surface area contributed by atoms with Crippen LogP contribution in [0.2, 0.25) is 0 Å². The normalized spacial score (nSPS) is 12.7. The van der Waals surface area contributed by atoms with Gasteiger partial charge in [-0.2, -0.15) is 5.10 Å². The highest BCUT2D eigenvalue weighted by atomic mass is 127. The minimum atomic E-state index is 0.102. The molecule has 108 valence electrons. The van der Waals surface area contributed by atoms with Crippen LogP contribution in [0.3, 0.4) is 0 Å². The molecule has 0 fully saturated rings. The molecule has 1 aromatic carbocycles. The molecule has 20 heavy (non-hydrogen) atoms. The second-order valence-corrected chi connectivity index (χ2v) is 6.22. The van der Waals surface area contributed by atoms with E-state index in [1.54, 1.807) is 0 Å². The van der Waals surface area contributed by atoms with Gasteiger partial charge in [-0.05, 0) is 68.0 Å². The van der Waals surface area contributed by atoms with Crippen LogP contribution in [0.15, 0.2) is 24.3 Å². The quantitative estimate of drug-likeness (QED) is 0.816. The van der Waals surface area contributed by atoms with Crippen LogP contribution in [0.1, 0.15) is 38.1 Å². The molecule has 2 N–H and O–H groups in total. The maximum absolute atomic E-state index is 6.11. The minimum Gasteiger partial charge on any atom is -0.491 e. The van der Waals surface area contributed by atoms with Gasteiger partial charge in [0.2, 0.25) is 0 Å². The molecule has 0 aliphatic carbocycles. The van der Waals surface area contributed by atoms with Crippen LogP contribution in [-0.4, -0.2) is 15.9 Å². The van der Waals surface area contributed by atoms with Crippen molar-refractivity contribution in [3.63, 3.8) is 0 Å². The zero-order valence-corrected chi connectivity index (χ0v) is 14.4. The van der Waals surface area contributed by atoms with Crippen molar-refractivity contribution in [1.82, 2.24) is 9.78 Å². The molecule has 0 saturated carbocycles. The Labute approximate surface area is 133 Å². The van der Waals surface area contributed by atoms with E-state index in [0.29, 0.717) is 0 Å². The van der Waals surface area contributed by atoms with Gasteiger partial charge in [0, 0.05) is 0 Å². The van der Waals surface area contributed by atoms with Crippen LogP contribution in [0, 0.1) is 10.5 Å². The molecule has 0 bridgehead atoms. The predicted octanol–water partition coefficient (Wildman–Crippen LogP) is 3.77. The minimum absolute atomic E-state index is 0.102. The van der Waals surface area contributed by atoms with Crippen molar-refractivity contribution in [3.05, 3.63) is 39.1 Å². The van der Waals surface area contributed by atoms with Gasteiger partial charge < -0.3 is 10.5 Å². The molecular weight excluding hydrogens is 365 g/mol. The number of hydrogen-bond donors (Lipinski definition) is 1. The summed E-state index contributed by atoms with van der Waals surface area (Å²) in [5.41, 5.74) is 8.23. The van der Waals surface area contributed by atoms with E-state index >= 15 is 0 Å². The number of anilines is 1. The number of hydrogen-bond acceptors (Lipinski definition) is 3. The molecule has 0 amide bonds. The van der Waals surface area contributed by atoms with Crippen molar-refractivity contribution in [1.29, 1.82) is 0 Å². The number of aryl methyl sites for hydroxylation is 1. The third-order valence-electron chi connectivity index (χ3n) is 3.15. The fourth-order valence-electron chi connectivity index (χ4n) is 2.08. The maximum atomic E-state index is 6.11. The van der Waals surface area contributed by atoms with Gasteiger partial charge in [0.15, 0.2) is 0 Å². The van der Waals surface area contributed by atoms with Gasteiger partial charge in [-0.1, -0.05) is 12.1 Å². The number of ether oxygens (including phenoxy) is 1. The molecule has 1 aromatic heterocycles. The molecule has 1 atom stereocenters. The van der Waals surface area contributed by atoms with E-state index in [1.807, 2.05) is 37.6 Å². The van der Waals surface area contributed by atoms with Crippen LogP contribution >= 0.6 is 22.6 Å². The smallest absolute Gasteiger partial charge is 0.136 e. The summed E-state index contributed by atoms with van der Waals surface area (Å²) in [5, 5.41) is 4.51. The van der Waals surface area contributed by atoms with E-state index in [0.717, 1.165) is 26.4 Å². The topological polar surface area (TPSA) is 53.1 Å². The number of nitrogen functional groups attached to an aromatic ring is 1. The summed E-state index contributed by atoms with van der Waals surface area (Å²) in [4.78, 5) is 0. The fraction of sp³-hybridized carbons (Fsp3) is 0.400. The lowest BCUT2D eigenvalue weighted by Gasteiger charge is -2.16. The van der Waals surface area contributed by atoms with Gasteiger partial charge >= 0.3 is 0 Å². The van der Waals surface area contributed by atoms with E-state index in [-0.39, 0.29) is 12.1 Å². The maximum Gasteiger partial charge on any atom is 0.136 e. The van der Waals surface area contributed by atoms with Gasteiger partial charge in [0.05, 0.1) is 21.4 Å². The monoisotopic (exact) mass is 385 g/mol. The highest BCUT2D eigenvalue weighted by Gasteiger charge is 2.16. The number of rotatable bonds is 4. The second-order valence-electron chi connectivity index (χ2n) is 5.14. The van der Waals surface area contributed by atoms with Crippen molar-refractivity contribution in [2.75, 3.05) is 5.73 Å². The number of halogens is 1. The zero-order valence-electron chi connectivity index (χ0n) is 12.2. The highest BCUT2D eigenvalue weighted by molar-refractivity contribution is 14.1. The predicted molar refractivity (Wildman–Crippen MR) is 90.1 cm³/mol. The first kappa shape index (κ1) is 15.2. The molecule has 0 saturated heterocycles. The van der Waals surface area contributed by atoms with E-state index in [4.69, 9.17) is 10.5 Å². The number of benzene rings is 1. The summed E-state index contributed by atoms with van der Waals surface area (Å²) < 4.78 is 8.55. The molecule has 2 rings (SSSR count). The van der Waals surface area contributed by atoms with Crippen molar-refractivity contribution >= 4 is 28.4 Å². The Morgan fingerprint density at radius 3 is 2.25 bits per heavy atom. The molecule has 0 aliphatic rings. The molecule has 1 heterocycles. The lowest BCUT2D eigenvalue weighted by atomic mass is 10.1. The molecule has 0 radical (unpaired) electrons. The standard InChI is InChI=1S/C15H20IN3O/c1-9(2)20-13-7-5-12(6-8-13)11(4)19-15(17)14(16)10(3)18-19/h5-9,11H,17H2,1-4H3.